The molecule has 3 heterocycles. The van der Waals surface area contributed by atoms with Gasteiger partial charge in [0.15, 0.2) is 0 Å². The van der Waals surface area contributed by atoms with Crippen LogP contribution in [0.2, 0.25) is 17.3 Å². The number of hydrogen-bond donors (Lipinski definition) is 0. The van der Waals surface area contributed by atoms with E-state index in [1.807, 2.05) is 6.33 Å². The van der Waals surface area contributed by atoms with Gasteiger partial charge in [0.25, 0.3) is 0 Å². The Morgan fingerprint density at radius 2 is 1.68 bits per heavy atom. The predicted molar refractivity (Wildman–Crippen MR) is 148 cm³/mol. The fraction of sp³-hybridized carbons (Fsp3) is 0.333. The molecule has 6 rings (SSSR count). The molecule has 0 aliphatic rings. The van der Waals surface area contributed by atoms with E-state index < -0.39 is 13.3 Å². The van der Waals surface area contributed by atoms with Crippen LogP contribution in [-0.4, -0.2) is 22.7 Å². The number of fused-ring (bicyclic) bond motifs is 5. The fourth-order valence-electron chi connectivity index (χ4n) is 5.78. The maximum atomic E-state index is 4.92. The van der Waals surface area contributed by atoms with E-state index in [0.717, 1.165) is 11.9 Å². The molecule has 3 nitrogen and oxygen atoms in total. The summed E-state index contributed by atoms with van der Waals surface area (Å²) in [5.41, 5.74) is 9.35. The third kappa shape index (κ3) is 3.09. The second kappa shape index (κ2) is 6.94. The van der Waals surface area contributed by atoms with Crippen LogP contribution in [0.4, 0.5) is 0 Å². The van der Waals surface area contributed by atoms with Crippen molar-refractivity contribution < 1.29 is 4.57 Å². The molecule has 0 aliphatic heterocycles. The second-order valence-electron chi connectivity index (χ2n) is 12.4. The molecule has 0 aliphatic carbocycles. The molecule has 0 atom stereocenters. The van der Waals surface area contributed by atoms with E-state index >= 15 is 0 Å². The molecule has 34 heavy (non-hydrogen) atoms. The van der Waals surface area contributed by atoms with Crippen LogP contribution in [0.15, 0.2) is 48.8 Å². The predicted octanol–water partition coefficient (Wildman–Crippen LogP) is 6.65. The summed E-state index contributed by atoms with van der Waals surface area (Å²) >= 11 is -2.08. The maximum absolute atomic E-state index is 4.92. The van der Waals surface area contributed by atoms with E-state index in [-0.39, 0.29) is 5.41 Å². The zero-order valence-electron chi connectivity index (χ0n) is 21.7. The summed E-state index contributed by atoms with van der Waals surface area (Å²) in [4.78, 5) is 4.92. The zero-order chi connectivity index (χ0) is 24.2. The van der Waals surface area contributed by atoms with E-state index in [1.54, 1.807) is 0 Å². The minimum atomic E-state index is -2.08. The molecule has 6 aromatic rings. The summed E-state index contributed by atoms with van der Waals surface area (Å²) in [6, 6.07) is 16.6. The van der Waals surface area contributed by atoms with Gasteiger partial charge in [-0.3, -0.25) is 0 Å². The summed E-state index contributed by atoms with van der Waals surface area (Å²) in [6.45, 7) is 9.21. The Morgan fingerprint density at radius 3 is 2.38 bits per heavy atom. The van der Waals surface area contributed by atoms with Crippen molar-refractivity contribution in [3.05, 3.63) is 59.9 Å². The molecule has 0 radical (unpaired) electrons. The Morgan fingerprint density at radius 1 is 0.912 bits per heavy atom. The van der Waals surface area contributed by atoms with Gasteiger partial charge in [0.1, 0.15) is 0 Å². The summed E-state index contributed by atoms with van der Waals surface area (Å²) in [5, 5.41) is 5.33. The first-order chi connectivity index (χ1) is 15.9. The van der Waals surface area contributed by atoms with E-state index in [0.29, 0.717) is 0 Å². The minimum absolute atomic E-state index is 0.261. The van der Waals surface area contributed by atoms with Crippen molar-refractivity contribution in [2.45, 2.75) is 51.4 Å². The van der Waals surface area contributed by atoms with Crippen LogP contribution < -0.4 is 8.96 Å². The molecular weight excluding hydrogens is 475 g/mol. The third-order valence-electron chi connectivity index (χ3n) is 7.34. The number of pyridine rings is 1. The monoisotopic (exact) mass is 510 g/mol. The van der Waals surface area contributed by atoms with Crippen molar-refractivity contribution in [1.29, 1.82) is 0 Å². The molecule has 0 bridgehead atoms. The van der Waals surface area contributed by atoms with Gasteiger partial charge in [-0.1, -0.05) is 0 Å². The average molecular weight is 509 g/mol. The van der Waals surface area contributed by atoms with E-state index in [1.165, 1.54) is 59.1 Å². The van der Waals surface area contributed by atoms with E-state index in [4.69, 9.17) is 4.98 Å². The normalized spacial score (nSPS) is 13.4. The van der Waals surface area contributed by atoms with Crippen molar-refractivity contribution in [1.82, 2.24) is 9.38 Å². The number of nitrogens with zero attached hydrogens (tertiary/aromatic N) is 3. The van der Waals surface area contributed by atoms with Gasteiger partial charge >= 0.3 is 205 Å². The van der Waals surface area contributed by atoms with E-state index in [9.17, 15) is 0 Å². The van der Waals surface area contributed by atoms with Gasteiger partial charge in [0.2, 0.25) is 0 Å². The quantitative estimate of drug-likeness (QED) is 0.111. The molecular formula is C30H34GeN3+. The zero-order valence-corrected chi connectivity index (χ0v) is 23.8. The van der Waals surface area contributed by atoms with Crippen LogP contribution in [0.3, 0.4) is 0 Å². The fourth-order valence-corrected chi connectivity index (χ4v) is 8.17. The molecule has 0 saturated carbocycles. The summed E-state index contributed by atoms with van der Waals surface area (Å²) in [6.07, 6.45) is 3.07. The number of benzene rings is 3. The summed E-state index contributed by atoms with van der Waals surface area (Å²) < 4.78 is 6.27. The van der Waals surface area contributed by atoms with Gasteiger partial charge in [0.05, 0.1) is 0 Å². The molecule has 0 amide bonds. The van der Waals surface area contributed by atoms with Crippen LogP contribution in [0.5, 0.6) is 0 Å². The molecule has 4 heteroatoms. The van der Waals surface area contributed by atoms with E-state index in [2.05, 4.69) is 103 Å². The van der Waals surface area contributed by atoms with Crippen molar-refractivity contribution >= 4 is 66.8 Å². The molecule has 0 fully saturated rings. The summed E-state index contributed by atoms with van der Waals surface area (Å²) in [7, 11) is 2.14. The molecule has 172 valence electrons. The number of aromatic nitrogens is 3. The molecule has 0 saturated heterocycles. The first-order valence-electron chi connectivity index (χ1n) is 12.3. The van der Waals surface area contributed by atoms with Gasteiger partial charge < -0.3 is 0 Å². The van der Waals surface area contributed by atoms with Gasteiger partial charge in [-0.2, -0.15) is 0 Å². The van der Waals surface area contributed by atoms with Gasteiger partial charge in [-0.15, -0.1) is 0 Å². The SMILES string of the molecule is Cc1ccc2c3cc(CC(C)(C)C)ccc3n3c4c[c]([Ge]([CH3])([CH3])[CH3])cc5nc[n+](C)c(c1c23)c54. The molecule has 3 aromatic carbocycles. The Balaban J connectivity index is 1.91. The van der Waals surface area contributed by atoms with Crippen molar-refractivity contribution in [2.24, 2.45) is 12.5 Å². The Labute approximate surface area is 204 Å². The van der Waals surface area contributed by atoms with Crippen molar-refractivity contribution in [3.8, 4) is 0 Å². The van der Waals surface area contributed by atoms with Gasteiger partial charge in [-0.25, -0.2) is 0 Å². The van der Waals surface area contributed by atoms with Crippen LogP contribution in [0.25, 0.3) is 49.1 Å². The Bertz CT molecular complexity index is 1760. The molecule has 0 unspecified atom stereocenters. The second-order valence-corrected chi connectivity index (χ2v) is 23.1. The first-order valence-corrected chi connectivity index (χ1v) is 19.7. The molecule has 0 N–H and O–H groups in total. The Kier molecular flexibility index (Phi) is 4.46. The van der Waals surface area contributed by atoms with Crippen LogP contribution in [0, 0.1) is 12.3 Å². The van der Waals surface area contributed by atoms with Crippen molar-refractivity contribution in [3.63, 3.8) is 0 Å². The number of hydrogen-bond acceptors (Lipinski definition) is 1. The Hall–Kier alpha value is -2.66. The standard InChI is InChI=1S/C30H34GeN3/c1-18-9-11-21-22-13-19(16-30(2,3)4)10-12-24(22)34-25-15-20(31(5,6)7)14-23-27(25)29(26(18)28(21)34)33(8)17-32-23/h9-15,17H,16H2,1-8H3/q+1. The topological polar surface area (TPSA) is 21.2 Å². The third-order valence-corrected chi connectivity index (χ3v) is 11.6. The van der Waals surface area contributed by atoms with Crippen LogP contribution >= 0.6 is 0 Å². The van der Waals surface area contributed by atoms with Gasteiger partial charge in [-0.05, 0) is 0 Å². The van der Waals surface area contributed by atoms with Crippen molar-refractivity contribution in [2.75, 3.05) is 0 Å². The molecule has 3 aromatic heterocycles. The average Bonchev–Trinajstić information content (AvgIpc) is 3.06. The molecule has 0 spiro atoms. The van der Waals surface area contributed by atoms with Crippen LogP contribution in [-0.2, 0) is 13.5 Å². The van der Waals surface area contributed by atoms with Gasteiger partial charge in [0, 0.05) is 0 Å². The number of aryl methyl sites for hydroxylation is 2. The first kappa shape index (κ1) is 21.8. The number of rotatable bonds is 2. The van der Waals surface area contributed by atoms with Crippen LogP contribution in [0.1, 0.15) is 31.9 Å². The summed E-state index contributed by atoms with van der Waals surface area (Å²) in [5.74, 6) is 7.42.